The van der Waals surface area contributed by atoms with E-state index in [-0.39, 0.29) is 0 Å². The molecule has 1 aromatic rings. The van der Waals surface area contributed by atoms with Gasteiger partial charge in [0.25, 0.3) is 10.0 Å². The second-order valence-electron chi connectivity index (χ2n) is 3.62. The molecule has 4 nitrogen and oxygen atoms in total. The van der Waals surface area contributed by atoms with E-state index in [1.54, 1.807) is 12.1 Å². The monoisotopic (exact) mass is 274 g/mol. The topological polar surface area (TPSA) is 63.4 Å². The van der Waals surface area contributed by atoms with Crippen LogP contribution in [0.3, 0.4) is 0 Å². The standard InChI is InChI=1S/C11H18N2O2S2/c1-4-6-13(5-2)17(14,15)11-7-9(3)10(8-12)16-11/h4,7H,1,5-6,8,12H2,2-3H3. The van der Waals surface area contributed by atoms with Crippen molar-refractivity contribution < 1.29 is 8.42 Å². The van der Waals surface area contributed by atoms with Crippen LogP contribution in [-0.2, 0) is 16.6 Å². The molecule has 0 spiro atoms. The van der Waals surface area contributed by atoms with Crippen LogP contribution >= 0.6 is 11.3 Å². The number of thiophene rings is 1. The van der Waals surface area contributed by atoms with Crippen molar-refractivity contribution in [2.45, 2.75) is 24.6 Å². The van der Waals surface area contributed by atoms with Gasteiger partial charge in [0.2, 0.25) is 0 Å². The van der Waals surface area contributed by atoms with Crippen LogP contribution in [0.4, 0.5) is 0 Å². The van der Waals surface area contributed by atoms with E-state index in [4.69, 9.17) is 5.73 Å². The normalized spacial score (nSPS) is 12.0. The molecule has 0 fully saturated rings. The van der Waals surface area contributed by atoms with Gasteiger partial charge in [0.05, 0.1) is 0 Å². The second kappa shape index (κ2) is 5.77. The molecule has 2 N–H and O–H groups in total. The van der Waals surface area contributed by atoms with Crippen molar-refractivity contribution in [3.63, 3.8) is 0 Å². The molecule has 1 heterocycles. The van der Waals surface area contributed by atoms with E-state index in [0.29, 0.717) is 23.8 Å². The van der Waals surface area contributed by atoms with Crippen LogP contribution in [0.5, 0.6) is 0 Å². The minimum atomic E-state index is -3.40. The Morgan fingerprint density at radius 2 is 2.24 bits per heavy atom. The van der Waals surface area contributed by atoms with E-state index in [9.17, 15) is 8.42 Å². The molecule has 0 radical (unpaired) electrons. The van der Waals surface area contributed by atoms with Crippen molar-refractivity contribution in [2.75, 3.05) is 13.1 Å². The quantitative estimate of drug-likeness (QED) is 0.803. The zero-order valence-corrected chi connectivity index (χ0v) is 11.8. The summed E-state index contributed by atoms with van der Waals surface area (Å²) in [6, 6.07) is 1.69. The third-order valence-corrected chi connectivity index (χ3v) is 6.11. The number of hydrogen-bond donors (Lipinski definition) is 1. The summed E-state index contributed by atoms with van der Waals surface area (Å²) in [6.07, 6.45) is 1.59. The molecule has 0 saturated carbocycles. The zero-order valence-electron chi connectivity index (χ0n) is 10.1. The highest BCUT2D eigenvalue weighted by atomic mass is 32.2. The van der Waals surface area contributed by atoms with E-state index < -0.39 is 10.0 Å². The predicted molar refractivity (Wildman–Crippen MR) is 71.6 cm³/mol. The number of likely N-dealkylation sites (N-methyl/N-ethyl adjacent to an activating group) is 1. The summed E-state index contributed by atoms with van der Waals surface area (Å²) in [5, 5.41) is 0. The molecular weight excluding hydrogens is 256 g/mol. The molecule has 0 atom stereocenters. The van der Waals surface area contributed by atoms with Crippen LogP contribution in [0.1, 0.15) is 17.4 Å². The number of sulfonamides is 1. The number of rotatable bonds is 6. The van der Waals surface area contributed by atoms with Crippen molar-refractivity contribution in [1.82, 2.24) is 4.31 Å². The van der Waals surface area contributed by atoms with Crippen LogP contribution in [0.2, 0.25) is 0 Å². The Balaban J connectivity index is 3.15. The Kier molecular flexibility index (Phi) is 4.88. The first kappa shape index (κ1) is 14.4. The molecule has 17 heavy (non-hydrogen) atoms. The van der Waals surface area contributed by atoms with Crippen LogP contribution in [0.25, 0.3) is 0 Å². The largest absolute Gasteiger partial charge is 0.326 e. The maximum Gasteiger partial charge on any atom is 0.252 e. The van der Waals surface area contributed by atoms with Crippen LogP contribution in [0, 0.1) is 6.92 Å². The van der Waals surface area contributed by atoms with Gasteiger partial charge in [-0.15, -0.1) is 17.9 Å². The maximum absolute atomic E-state index is 12.3. The molecule has 0 aliphatic rings. The van der Waals surface area contributed by atoms with Gasteiger partial charge >= 0.3 is 0 Å². The summed E-state index contributed by atoms with van der Waals surface area (Å²) in [5.74, 6) is 0. The first-order chi connectivity index (χ1) is 7.97. The molecule has 1 rings (SSSR count). The Bertz CT molecular complexity index is 492. The number of nitrogens with two attached hydrogens (primary N) is 1. The lowest BCUT2D eigenvalue weighted by Crippen LogP contribution is -2.30. The van der Waals surface area contributed by atoms with E-state index in [1.165, 1.54) is 15.6 Å². The zero-order chi connectivity index (χ0) is 13.1. The fourth-order valence-electron chi connectivity index (χ4n) is 1.49. The van der Waals surface area contributed by atoms with E-state index in [1.807, 2.05) is 13.8 Å². The highest BCUT2D eigenvalue weighted by Gasteiger charge is 2.24. The van der Waals surface area contributed by atoms with Crippen LogP contribution < -0.4 is 5.73 Å². The first-order valence-electron chi connectivity index (χ1n) is 5.37. The average Bonchev–Trinajstić information content (AvgIpc) is 2.67. The molecule has 1 aromatic heterocycles. The lowest BCUT2D eigenvalue weighted by Gasteiger charge is -2.17. The fourth-order valence-corrected chi connectivity index (χ4v) is 4.53. The van der Waals surface area contributed by atoms with Gasteiger partial charge in [-0.2, -0.15) is 4.31 Å². The second-order valence-corrected chi connectivity index (χ2v) is 6.92. The summed E-state index contributed by atoms with van der Waals surface area (Å²) in [6.45, 7) is 8.39. The van der Waals surface area contributed by atoms with Gasteiger partial charge in [-0.1, -0.05) is 13.0 Å². The molecule has 6 heteroatoms. The minimum absolute atomic E-state index is 0.327. The first-order valence-corrected chi connectivity index (χ1v) is 7.63. The van der Waals surface area contributed by atoms with Gasteiger partial charge in [-0.3, -0.25) is 0 Å². The molecule has 0 amide bonds. The summed E-state index contributed by atoms with van der Waals surface area (Å²) < 4.78 is 26.3. The highest BCUT2D eigenvalue weighted by molar-refractivity contribution is 7.91. The fraction of sp³-hybridized carbons (Fsp3) is 0.455. The molecular formula is C11H18N2O2S2. The summed E-state index contributed by atoms with van der Waals surface area (Å²) in [7, 11) is -3.40. The van der Waals surface area contributed by atoms with Crippen molar-refractivity contribution in [2.24, 2.45) is 5.73 Å². The smallest absolute Gasteiger partial charge is 0.252 e. The Labute approximate surface area is 107 Å². The third-order valence-electron chi connectivity index (χ3n) is 2.46. The molecule has 96 valence electrons. The molecule has 0 aliphatic carbocycles. The van der Waals surface area contributed by atoms with E-state index >= 15 is 0 Å². The third kappa shape index (κ3) is 2.95. The van der Waals surface area contributed by atoms with Crippen molar-refractivity contribution in [3.05, 3.63) is 29.2 Å². The van der Waals surface area contributed by atoms with Crippen molar-refractivity contribution in [1.29, 1.82) is 0 Å². The number of hydrogen-bond acceptors (Lipinski definition) is 4. The maximum atomic E-state index is 12.3. The minimum Gasteiger partial charge on any atom is -0.326 e. The van der Waals surface area contributed by atoms with Gasteiger partial charge in [-0.05, 0) is 18.6 Å². The summed E-state index contributed by atoms with van der Waals surface area (Å²) in [5.41, 5.74) is 6.50. The van der Waals surface area contributed by atoms with Gasteiger partial charge in [0, 0.05) is 24.5 Å². The van der Waals surface area contributed by atoms with Gasteiger partial charge in [0.1, 0.15) is 4.21 Å². The van der Waals surface area contributed by atoms with E-state index in [0.717, 1.165) is 10.4 Å². The van der Waals surface area contributed by atoms with Crippen LogP contribution in [-0.4, -0.2) is 25.8 Å². The molecule has 0 aliphatic heterocycles. The average molecular weight is 274 g/mol. The molecule has 0 saturated heterocycles. The lowest BCUT2D eigenvalue weighted by molar-refractivity contribution is 0.461. The highest BCUT2D eigenvalue weighted by Crippen LogP contribution is 2.28. The Morgan fingerprint density at radius 3 is 2.65 bits per heavy atom. The molecule has 0 unspecified atom stereocenters. The van der Waals surface area contributed by atoms with Crippen molar-refractivity contribution in [3.8, 4) is 0 Å². The van der Waals surface area contributed by atoms with Gasteiger partial charge in [-0.25, -0.2) is 8.42 Å². The van der Waals surface area contributed by atoms with Gasteiger partial charge in [0.15, 0.2) is 0 Å². The number of aryl methyl sites for hydroxylation is 1. The molecule has 0 aromatic carbocycles. The summed E-state index contributed by atoms with van der Waals surface area (Å²) >= 11 is 1.25. The van der Waals surface area contributed by atoms with Gasteiger partial charge < -0.3 is 5.73 Å². The molecule has 0 bridgehead atoms. The Morgan fingerprint density at radius 1 is 1.59 bits per heavy atom. The van der Waals surface area contributed by atoms with E-state index in [2.05, 4.69) is 6.58 Å². The van der Waals surface area contributed by atoms with Crippen LogP contribution in [0.15, 0.2) is 22.9 Å². The predicted octanol–water partition coefficient (Wildman–Crippen LogP) is 1.71. The van der Waals surface area contributed by atoms with Crippen molar-refractivity contribution >= 4 is 21.4 Å². The lowest BCUT2D eigenvalue weighted by atomic mass is 10.3. The summed E-state index contributed by atoms with van der Waals surface area (Å²) in [4.78, 5) is 0.915. The Hall–Kier alpha value is -0.690. The number of nitrogens with zero attached hydrogens (tertiary/aromatic N) is 1. The SMILES string of the molecule is C=CCN(CC)S(=O)(=O)c1cc(C)c(CN)s1.